The summed E-state index contributed by atoms with van der Waals surface area (Å²) >= 11 is 0. The molecule has 1 aliphatic carbocycles. The summed E-state index contributed by atoms with van der Waals surface area (Å²) in [7, 11) is 0. The fourth-order valence-corrected chi connectivity index (χ4v) is 4.23. The van der Waals surface area contributed by atoms with E-state index < -0.39 is 5.60 Å². The van der Waals surface area contributed by atoms with E-state index in [2.05, 4.69) is 30.7 Å². The Balaban J connectivity index is 0.00000153. The molecule has 3 aromatic rings. The highest BCUT2D eigenvalue weighted by Gasteiger charge is 2.48. The lowest BCUT2D eigenvalue weighted by molar-refractivity contribution is 0.0148. The molecule has 0 radical (unpaired) electrons. The van der Waals surface area contributed by atoms with Gasteiger partial charge in [-0.2, -0.15) is 5.10 Å². The van der Waals surface area contributed by atoms with Gasteiger partial charge in [0.1, 0.15) is 17.1 Å². The maximum atomic E-state index is 12.4. The third-order valence-electron chi connectivity index (χ3n) is 5.99. The van der Waals surface area contributed by atoms with Crippen molar-refractivity contribution in [1.82, 2.24) is 25.4 Å². The first kappa shape index (κ1) is 24.6. The fraction of sp³-hybridized carbons (Fsp3) is 0.364. The Kier molecular flexibility index (Phi) is 7.99. The van der Waals surface area contributed by atoms with Crippen LogP contribution in [0.1, 0.15) is 25.7 Å². The summed E-state index contributed by atoms with van der Waals surface area (Å²) in [6.45, 7) is 1.35. The number of aromatic nitrogens is 5. The number of nitrogens with zero attached hydrogens (tertiary/aromatic N) is 6. The molecule has 11 heteroatoms. The number of anilines is 2. The van der Waals surface area contributed by atoms with Gasteiger partial charge >= 0.3 is 6.09 Å². The minimum atomic E-state index is -0.421. The largest absolute Gasteiger partial charge is 0.441 e. The van der Waals surface area contributed by atoms with Crippen LogP contribution in [0.2, 0.25) is 0 Å². The van der Waals surface area contributed by atoms with E-state index in [1.807, 2.05) is 30.3 Å². The summed E-state index contributed by atoms with van der Waals surface area (Å²) in [4.78, 5) is 18.3. The second kappa shape index (κ2) is 10.7. The quantitative estimate of drug-likeness (QED) is 0.568. The smallest absolute Gasteiger partial charge is 0.416 e. The van der Waals surface area contributed by atoms with Crippen LogP contribution in [0.15, 0.2) is 54.9 Å². The number of ether oxygens (including phenoxy) is 1. The van der Waals surface area contributed by atoms with Gasteiger partial charge < -0.3 is 10.1 Å². The van der Waals surface area contributed by atoms with Crippen molar-refractivity contribution >= 4 is 42.5 Å². The molecule has 2 aliphatic rings. The first-order valence-corrected chi connectivity index (χ1v) is 10.5. The second-order valence-corrected chi connectivity index (χ2v) is 8.06. The van der Waals surface area contributed by atoms with E-state index in [4.69, 9.17) is 4.74 Å². The van der Waals surface area contributed by atoms with Crippen LogP contribution in [0.4, 0.5) is 16.4 Å². The van der Waals surface area contributed by atoms with Gasteiger partial charge in [0, 0.05) is 18.9 Å². The summed E-state index contributed by atoms with van der Waals surface area (Å²) in [6, 6.07) is 13.1. The van der Waals surface area contributed by atoms with Gasteiger partial charge in [-0.1, -0.05) is 6.07 Å². The maximum absolute atomic E-state index is 12.4. The Morgan fingerprint density at radius 1 is 0.970 bits per heavy atom. The maximum Gasteiger partial charge on any atom is 0.416 e. The van der Waals surface area contributed by atoms with Crippen LogP contribution in [0, 0.1) is 5.92 Å². The number of nitrogens with one attached hydrogen (secondary N) is 1. The molecule has 2 fully saturated rings. The zero-order chi connectivity index (χ0) is 21.1. The van der Waals surface area contributed by atoms with Crippen molar-refractivity contribution in [3.63, 3.8) is 0 Å². The Bertz CT molecular complexity index is 1030. The molecule has 0 atom stereocenters. The predicted octanol–water partition coefficient (Wildman–Crippen LogP) is 4.17. The van der Waals surface area contributed by atoms with Crippen LogP contribution >= 0.6 is 24.8 Å². The van der Waals surface area contributed by atoms with Crippen LogP contribution in [0.5, 0.6) is 0 Å². The number of hydrogen-bond donors (Lipinski definition) is 1. The highest BCUT2D eigenvalue weighted by molar-refractivity contribution is 5.89. The Hall–Kier alpha value is -3.04. The highest BCUT2D eigenvalue weighted by atomic mass is 35.5. The van der Waals surface area contributed by atoms with Crippen LogP contribution in [-0.2, 0) is 4.74 Å². The van der Waals surface area contributed by atoms with Crippen LogP contribution in [0.25, 0.3) is 11.4 Å². The van der Waals surface area contributed by atoms with Crippen molar-refractivity contribution in [2.45, 2.75) is 31.3 Å². The van der Waals surface area contributed by atoms with Crippen molar-refractivity contribution in [1.29, 1.82) is 0 Å². The molecule has 9 nitrogen and oxygen atoms in total. The molecule has 1 amide bonds. The number of amides is 1. The van der Waals surface area contributed by atoms with E-state index in [1.165, 1.54) is 0 Å². The van der Waals surface area contributed by atoms with E-state index in [1.54, 1.807) is 29.4 Å². The monoisotopic (exact) mass is 489 g/mol. The summed E-state index contributed by atoms with van der Waals surface area (Å²) in [5.74, 6) is 1.79. The molecule has 33 heavy (non-hydrogen) atoms. The minimum Gasteiger partial charge on any atom is -0.441 e. The molecule has 0 aromatic carbocycles. The number of hydrogen-bond acceptors (Lipinski definition) is 8. The Morgan fingerprint density at radius 3 is 2.48 bits per heavy atom. The minimum absolute atomic E-state index is 0. The molecule has 1 aliphatic heterocycles. The predicted molar refractivity (Wildman–Crippen MR) is 129 cm³/mol. The lowest BCUT2D eigenvalue weighted by atomic mass is 9.78. The fourth-order valence-electron chi connectivity index (χ4n) is 4.23. The van der Waals surface area contributed by atoms with Gasteiger partial charge in [-0.15, -0.1) is 40.1 Å². The van der Waals surface area contributed by atoms with Crippen molar-refractivity contribution in [2.75, 3.05) is 23.3 Å². The van der Waals surface area contributed by atoms with E-state index in [9.17, 15) is 4.79 Å². The summed E-state index contributed by atoms with van der Waals surface area (Å²) < 4.78 is 5.79. The molecule has 1 N–H and O–H groups in total. The van der Waals surface area contributed by atoms with E-state index in [0.29, 0.717) is 18.3 Å². The highest BCUT2D eigenvalue weighted by Crippen LogP contribution is 2.40. The SMILES string of the molecule is Cl.Cl.O=C1OC2(CCC(CNc3ccc(-c4ccccn4)nn3)CC2)CN1c1cccnn1. The lowest BCUT2D eigenvalue weighted by Crippen LogP contribution is -2.39. The van der Waals surface area contributed by atoms with Crippen LogP contribution < -0.4 is 10.2 Å². The normalized spacial score (nSPS) is 21.6. The number of halogens is 2. The van der Waals surface area contributed by atoms with Gasteiger partial charge in [-0.3, -0.25) is 9.88 Å². The Labute approximate surface area is 204 Å². The zero-order valence-electron chi connectivity index (χ0n) is 17.8. The summed E-state index contributed by atoms with van der Waals surface area (Å²) in [5, 5.41) is 19.8. The molecular weight excluding hydrogens is 465 g/mol. The molecule has 0 unspecified atom stereocenters. The lowest BCUT2D eigenvalue weighted by Gasteiger charge is -2.35. The molecule has 1 spiro atoms. The first-order valence-electron chi connectivity index (χ1n) is 10.5. The van der Waals surface area contributed by atoms with E-state index in [-0.39, 0.29) is 30.9 Å². The molecule has 1 saturated carbocycles. The zero-order valence-corrected chi connectivity index (χ0v) is 19.5. The molecule has 5 rings (SSSR count). The van der Waals surface area contributed by atoms with Gasteiger partial charge in [0.05, 0.1) is 12.2 Å². The van der Waals surface area contributed by atoms with Crippen molar-refractivity contribution in [3.8, 4) is 11.4 Å². The van der Waals surface area contributed by atoms with Crippen LogP contribution in [0.3, 0.4) is 0 Å². The number of rotatable bonds is 5. The number of pyridine rings is 1. The third kappa shape index (κ3) is 5.48. The molecular formula is C22H25Cl2N7O2. The molecule has 174 valence electrons. The van der Waals surface area contributed by atoms with Crippen molar-refractivity contribution in [3.05, 3.63) is 54.9 Å². The second-order valence-electron chi connectivity index (χ2n) is 8.06. The van der Waals surface area contributed by atoms with Crippen molar-refractivity contribution < 1.29 is 9.53 Å². The van der Waals surface area contributed by atoms with E-state index in [0.717, 1.165) is 49.4 Å². The van der Waals surface area contributed by atoms with Gasteiger partial charge in [0.15, 0.2) is 5.82 Å². The van der Waals surface area contributed by atoms with Gasteiger partial charge in [0.25, 0.3) is 0 Å². The van der Waals surface area contributed by atoms with Gasteiger partial charge in [0.2, 0.25) is 0 Å². The summed E-state index contributed by atoms with van der Waals surface area (Å²) in [6.07, 6.45) is 6.64. The molecule has 4 heterocycles. The van der Waals surface area contributed by atoms with Crippen LogP contribution in [-0.4, -0.2) is 50.2 Å². The van der Waals surface area contributed by atoms with E-state index >= 15 is 0 Å². The van der Waals surface area contributed by atoms with Crippen molar-refractivity contribution in [2.24, 2.45) is 5.92 Å². The number of carbonyl (C=O) groups is 1. The average molecular weight is 490 g/mol. The van der Waals surface area contributed by atoms with Gasteiger partial charge in [-0.25, -0.2) is 4.79 Å². The Morgan fingerprint density at radius 2 is 1.82 bits per heavy atom. The average Bonchev–Trinajstić information content (AvgIpc) is 3.16. The third-order valence-corrected chi connectivity index (χ3v) is 5.99. The number of carbonyl (C=O) groups excluding carboxylic acids is 1. The standard InChI is InChI=1S/C22H23N7O2.2ClH/c30-21-29(20-5-3-13-25-28-20)15-22(31-21)10-8-16(9-11-22)14-24-19-7-6-18(26-27-19)17-4-1-2-12-23-17;;/h1-7,12-13,16H,8-11,14-15H2,(H,24,27);2*1H. The topological polar surface area (TPSA) is 106 Å². The molecule has 0 bridgehead atoms. The molecule has 1 saturated heterocycles. The summed E-state index contributed by atoms with van der Waals surface area (Å²) in [5.41, 5.74) is 1.14. The first-order chi connectivity index (χ1) is 15.2. The van der Waals surface area contributed by atoms with Gasteiger partial charge in [-0.05, 0) is 68.0 Å². The molecule has 3 aromatic heterocycles.